The molecule has 0 radical (unpaired) electrons. The second-order valence-electron chi connectivity index (χ2n) is 11.9. The SMILES string of the molecule is CCCCC(CC)CC(CC(CC)CCCC)C(CCCCCCCCCCCC(=O)O)CCC(=O)O. The number of hydrogen-bond acceptors (Lipinski definition) is 2. The van der Waals surface area contributed by atoms with Gasteiger partial charge in [-0.3, -0.25) is 9.59 Å². The zero-order valence-electron chi connectivity index (χ0n) is 25.3. The number of carboxylic acids is 2. The molecule has 0 aliphatic carbocycles. The van der Waals surface area contributed by atoms with Crippen molar-refractivity contribution in [2.24, 2.45) is 23.7 Å². The number of aliphatic carboxylic acids is 2. The van der Waals surface area contributed by atoms with Crippen LogP contribution in [-0.2, 0) is 9.59 Å². The van der Waals surface area contributed by atoms with Gasteiger partial charge in [-0.2, -0.15) is 0 Å². The van der Waals surface area contributed by atoms with Gasteiger partial charge in [0.25, 0.3) is 0 Å². The van der Waals surface area contributed by atoms with Crippen molar-refractivity contribution in [1.29, 1.82) is 0 Å². The monoisotopic (exact) mass is 524 g/mol. The largest absolute Gasteiger partial charge is 0.481 e. The van der Waals surface area contributed by atoms with Crippen molar-refractivity contribution in [1.82, 2.24) is 0 Å². The van der Waals surface area contributed by atoms with Crippen LogP contribution in [0, 0.1) is 23.7 Å². The van der Waals surface area contributed by atoms with Gasteiger partial charge in [0, 0.05) is 12.8 Å². The maximum Gasteiger partial charge on any atom is 0.303 e. The number of hydrogen-bond donors (Lipinski definition) is 2. The summed E-state index contributed by atoms with van der Waals surface area (Å²) in [6, 6.07) is 0. The Labute approximate surface area is 230 Å². The van der Waals surface area contributed by atoms with Gasteiger partial charge in [-0.1, -0.05) is 137 Å². The van der Waals surface area contributed by atoms with Gasteiger partial charge in [0.05, 0.1) is 0 Å². The summed E-state index contributed by atoms with van der Waals surface area (Å²) in [4.78, 5) is 22.1. The van der Waals surface area contributed by atoms with Gasteiger partial charge >= 0.3 is 11.9 Å². The van der Waals surface area contributed by atoms with Gasteiger partial charge in [0.2, 0.25) is 0 Å². The summed E-state index contributed by atoms with van der Waals surface area (Å²) in [5.41, 5.74) is 0. The summed E-state index contributed by atoms with van der Waals surface area (Å²) >= 11 is 0. The Balaban J connectivity index is 4.86. The van der Waals surface area contributed by atoms with Crippen molar-refractivity contribution in [2.45, 2.75) is 175 Å². The molecule has 0 aromatic carbocycles. The highest BCUT2D eigenvalue weighted by molar-refractivity contribution is 5.66. The van der Waals surface area contributed by atoms with E-state index in [-0.39, 0.29) is 0 Å². The minimum atomic E-state index is -0.679. The minimum absolute atomic E-state index is 0.305. The first-order valence-electron chi connectivity index (χ1n) is 16.3. The van der Waals surface area contributed by atoms with Crippen LogP contribution in [0.1, 0.15) is 175 Å². The summed E-state index contributed by atoms with van der Waals surface area (Å²) in [6.45, 7) is 9.28. The van der Waals surface area contributed by atoms with E-state index in [0.29, 0.717) is 24.7 Å². The minimum Gasteiger partial charge on any atom is -0.481 e. The van der Waals surface area contributed by atoms with E-state index in [1.807, 2.05) is 0 Å². The molecule has 0 bridgehead atoms. The third kappa shape index (κ3) is 21.6. The molecule has 0 aromatic heterocycles. The molecule has 4 heteroatoms. The number of rotatable bonds is 28. The van der Waals surface area contributed by atoms with Gasteiger partial charge in [-0.15, -0.1) is 0 Å². The predicted octanol–water partition coefficient (Wildman–Crippen LogP) is 10.7. The van der Waals surface area contributed by atoms with Crippen LogP contribution < -0.4 is 0 Å². The normalized spacial score (nSPS) is 14.8. The van der Waals surface area contributed by atoms with Crippen molar-refractivity contribution >= 4 is 11.9 Å². The quantitative estimate of drug-likeness (QED) is 0.0998. The Morgan fingerprint density at radius 1 is 0.486 bits per heavy atom. The molecule has 0 saturated heterocycles. The van der Waals surface area contributed by atoms with Crippen molar-refractivity contribution in [3.8, 4) is 0 Å². The van der Waals surface area contributed by atoms with Crippen LogP contribution >= 0.6 is 0 Å². The Kier molecular flexibility index (Phi) is 24.5. The van der Waals surface area contributed by atoms with Crippen molar-refractivity contribution in [3.05, 3.63) is 0 Å². The second-order valence-corrected chi connectivity index (χ2v) is 11.9. The lowest BCUT2D eigenvalue weighted by molar-refractivity contribution is -0.138. The molecule has 0 aliphatic rings. The lowest BCUT2D eigenvalue weighted by Gasteiger charge is -2.33. The van der Waals surface area contributed by atoms with E-state index in [1.54, 1.807) is 0 Å². The van der Waals surface area contributed by atoms with Crippen LogP contribution in [0.3, 0.4) is 0 Å². The summed E-state index contributed by atoms with van der Waals surface area (Å²) in [5, 5.41) is 18.2. The maximum atomic E-state index is 11.5. The topological polar surface area (TPSA) is 74.6 Å². The maximum absolute atomic E-state index is 11.5. The molecule has 0 spiro atoms. The van der Waals surface area contributed by atoms with Gasteiger partial charge in [-0.25, -0.2) is 0 Å². The van der Waals surface area contributed by atoms with Crippen LogP contribution in [0.2, 0.25) is 0 Å². The molecule has 0 rings (SSSR count). The molecule has 0 amide bonds. The molecule has 0 saturated carbocycles. The van der Waals surface area contributed by atoms with Crippen LogP contribution in [0.4, 0.5) is 0 Å². The highest BCUT2D eigenvalue weighted by atomic mass is 16.4. The molecular weight excluding hydrogens is 460 g/mol. The lowest BCUT2D eigenvalue weighted by Crippen LogP contribution is -2.23. The van der Waals surface area contributed by atoms with E-state index in [1.165, 1.54) is 109 Å². The standard InChI is InChI=1S/C33H64O4/c1-5-9-20-28(7-3)26-31(27-29(8-4)21-10-6-2)30(24-25-33(36)37)22-18-16-14-12-11-13-15-17-19-23-32(34)35/h28-31H,5-27H2,1-4H3,(H,34,35)(H,36,37). The van der Waals surface area contributed by atoms with Gasteiger partial charge in [0.1, 0.15) is 0 Å². The summed E-state index contributed by atoms with van der Waals surface area (Å²) < 4.78 is 0. The van der Waals surface area contributed by atoms with Crippen molar-refractivity contribution in [3.63, 3.8) is 0 Å². The van der Waals surface area contributed by atoms with Gasteiger partial charge in [0.15, 0.2) is 0 Å². The van der Waals surface area contributed by atoms with Gasteiger partial charge < -0.3 is 10.2 Å². The zero-order valence-corrected chi connectivity index (χ0v) is 25.3. The third-order valence-electron chi connectivity index (χ3n) is 8.72. The average Bonchev–Trinajstić information content (AvgIpc) is 2.87. The van der Waals surface area contributed by atoms with E-state index < -0.39 is 11.9 Å². The predicted molar refractivity (Wildman–Crippen MR) is 158 cm³/mol. The molecule has 0 heterocycles. The van der Waals surface area contributed by atoms with Crippen molar-refractivity contribution < 1.29 is 19.8 Å². The first-order chi connectivity index (χ1) is 17.9. The smallest absolute Gasteiger partial charge is 0.303 e. The molecule has 0 aromatic rings. The van der Waals surface area contributed by atoms with Crippen LogP contribution in [0.15, 0.2) is 0 Å². The van der Waals surface area contributed by atoms with Crippen molar-refractivity contribution in [2.75, 3.05) is 0 Å². The van der Waals surface area contributed by atoms with E-state index in [9.17, 15) is 14.7 Å². The van der Waals surface area contributed by atoms with Crippen LogP contribution in [0.25, 0.3) is 0 Å². The lowest BCUT2D eigenvalue weighted by atomic mass is 9.72. The highest BCUT2D eigenvalue weighted by Crippen LogP contribution is 2.38. The first kappa shape index (κ1) is 35.9. The summed E-state index contributed by atoms with van der Waals surface area (Å²) in [6.07, 6.45) is 26.1. The molecular formula is C33H64O4. The second kappa shape index (κ2) is 25.2. The fourth-order valence-electron chi connectivity index (χ4n) is 6.15. The van der Waals surface area contributed by atoms with Crippen LogP contribution in [0.5, 0.6) is 0 Å². The Morgan fingerprint density at radius 3 is 1.32 bits per heavy atom. The van der Waals surface area contributed by atoms with E-state index in [2.05, 4.69) is 27.7 Å². The molecule has 0 fully saturated rings. The molecule has 2 N–H and O–H groups in total. The molecule has 0 aliphatic heterocycles. The summed E-state index contributed by atoms with van der Waals surface area (Å²) in [5.74, 6) is 1.49. The third-order valence-corrected chi connectivity index (χ3v) is 8.72. The Bertz CT molecular complexity index is 514. The van der Waals surface area contributed by atoms with Gasteiger partial charge in [-0.05, 0) is 49.4 Å². The first-order valence-corrected chi connectivity index (χ1v) is 16.3. The van der Waals surface area contributed by atoms with E-state index in [0.717, 1.165) is 37.5 Å². The molecule has 4 nitrogen and oxygen atoms in total. The molecule has 3 unspecified atom stereocenters. The zero-order chi connectivity index (χ0) is 27.7. The Hall–Kier alpha value is -1.06. The molecule has 37 heavy (non-hydrogen) atoms. The fraction of sp³-hybridized carbons (Fsp3) is 0.939. The fourth-order valence-corrected chi connectivity index (χ4v) is 6.15. The molecule has 220 valence electrons. The number of carbonyl (C=O) groups is 2. The molecule has 3 atom stereocenters. The number of carboxylic acid groups (broad SMARTS) is 2. The Morgan fingerprint density at radius 2 is 0.919 bits per heavy atom. The highest BCUT2D eigenvalue weighted by Gasteiger charge is 2.27. The van der Waals surface area contributed by atoms with E-state index >= 15 is 0 Å². The summed E-state index contributed by atoms with van der Waals surface area (Å²) in [7, 11) is 0. The number of unbranched alkanes of at least 4 members (excludes halogenated alkanes) is 10. The average molecular weight is 525 g/mol. The van der Waals surface area contributed by atoms with Crippen LogP contribution in [-0.4, -0.2) is 22.2 Å². The van der Waals surface area contributed by atoms with E-state index in [4.69, 9.17) is 5.11 Å².